The molecule has 3 nitrogen and oxygen atoms in total. The summed E-state index contributed by atoms with van der Waals surface area (Å²) in [4.78, 5) is 14.0. The van der Waals surface area contributed by atoms with Crippen LogP contribution in [-0.4, -0.2) is 10.9 Å². The van der Waals surface area contributed by atoms with Crippen molar-refractivity contribution in [3.05, 3.63) is 126 Å². The molecule has 0 aromatic heterocycles. The molecule has 1 unspecified atom stereocenters. The lowest BCUT2D eigenvalue weighted by molar-refractivity contribution is -0.118. The van der Waals surface area contributed by atoms with Crippen LogP contribution < -0.4 is 5.32 Å². The third kappa shape index (κ3) is 4.01. The van der Waals surface area contributed by atoms with E-state index in [1.165, 1.54) is 10.8 Å². The summed E-state index contributed by atoms with van der Waals surface area (Å²) in [7, 11) is 0. The zero-order valence-electron chi connectivity index (χ0n) is 22.7. The van der Waals surface area contributed by atoms with Crippen LogP contribution in [0.3, 0.4) is 0 Å². The first-order valence-electron chi connectivity index (χ1n) is 13.9. The summed E-state index contributed by atoms with van der Waals surface area (Å²) in [6, 6.07) is 36.5. The third-order valence-corrected chi connectivity index (χ3v) is 8.37. The Bertz CT molecular complexity index is 1760. The molecule has 1 aliphatic heterocycles. The number of Topliss-reactive ketones (excluding diaryl/α,β-unsaturated/α-hetero) is 1. The lowest BCUT2D eigenvalue weighted by Gasteiger charge is -2.40. The van der Waals surface area contributed by atoms with E-state index in [1.54, 1.807) is 0 Å². The van der Waals surface area contributed by atoms with Crippen LogP contribution in [0.1, 0.15) is 43.9 Å². The van der Waals surface area contributed by atoms with Crippen LogP contribution in [0, 0.1) is 5.41 Å². The molecule has 1 atom stereocenters. The van der Waals surface area contributed by atoms with Gasteiger partial charge >= 0.3 is 0 Å². The highest BCUT2D eigenvalue weighted by molar-refractivity contribution is 6.13. The van der Waals surface area contributed by atoms with Gasteiger partial charge in [0, 0.05) is 34.4 Å². The fourth-order valence-electron chi connectivity index (χ4n) is 6.59. The standard InChI is InChI=1S/C37H31NO2/c1-37(2)21-30-33-27-16-10-9-15-25(27)17-18-31(33)38-35(34(30)32(39)22-37)26-19-28(23-11-5-3-6-12-23)36(40)29(20-26)24-13-7-4-8-14-24/h3-20,35,38,40H,21-22H2,1-2H3. The summed E-state index contributed by atoms with van der Waals surface area (Å²) in [5.74, 6) is 0.437. The molecule has 5 aromatic rings. The van der Waals surface area contributed by atoms with Gasteiger partial charge in [-0.15, -0.1) is 0 Å². The molecule has 7 rings (SSSR count). The second-order valence-corrected chi connectivity index (χ2v) is 11.8. The molecule has 0 amide bonds. The van der Waals surface area contributed by atoms with E-state index in [0.29, 0.717) is 6.42 Å². The summed E-state index contributed by atoms with van der Waals surface area (Å²) in [6.45, 7) is 4.39. The highest BCUT2D eigenvalue weighted by Gasteiger charge is 2.41. The highest BCUT2D eigenvalue weighted by atomic mass is 16.3. The Hall–Kier alpha value is -4.63. The van der Waals surface area contributed by atoms with Crippen LogP contribution in [0.15, 0.2) is 115 Å². The molecule has 2 N–H and O–H groups in total. The first kappa shape index (κ1) is 24.4. The normalized spacial score (nSPS) is 17.8. The van der Waals surface area contributed by atoms with Gasteiger partial charge in [0.15, 0.2) is 5.78 Å². The van der Waals surface area contributed by atoms with Crippen LogP contribution in [0.5, 0.6) is 5.75 Å². The molecular weight excluding hydrogens is 490 g/mol. The second kappa shape index (κ2) is 9.24. The van der Waals surface area contributed by atoms with E-state index in [0.717, 1.165) is 56.6 Å². The molecule has 196 valence electrons. The number of hydrogen-bond acceptors (Lipinski definition) is 3. The van der Waals surface area contributed by atoms with E-state index >= 15 is 0 Å². The average Bonchev–Trinajstić information content (AvgIpc) is 2.97. The van der Waals surface area contributed by atoms with Gasteiger partial charge in [0.25, 0.3) is 0 Å². The SMILES string of the molecule is CC1(C)CC(=O)C2=C(C1)c1c(ccc3ccccc13)NC2c1cc(-c2ccccc2)c(O)c(-c2ccccc2)c1. The summed E-state index contributed by atoms with van der Waals surface area (Å²) in [5, 5.41) is 17.7. The van der Waals surface area contributed by atoms with E-state index in [-0.39, 0.29) is 23.0 Å². The maximum absolute atomic E-state index is 14.0. The van der Waals surface area contributed by atoms with Crippen LogP contribution in [0.4, 0.5) is 5.69 Å². The van der Waals surface area contributed by atoms with Gasteiger partial charge < -0.3 is 10.4 Å². The lowest BCUT2D eigenvalue weighted by Crippen LogP contribution is -2.33. The molecule has 0 radical (unpaired) electrons. The van der Waals surface area contributed by atoms with E-state index in [2.05, 4.69) is 67.7 Å². The van der Waals surface area contributed by atoms with Crippen LogP contribution in [0.25, 0.3) is 38.6 Å². The van der Waals surface area contributed by atoms with Crippen LogP contribution >= 0.6 is 0 Å². The number of hydrogen-bond donors (Lipinski definition) is 2. The van der Waals surface area contributed by atoms with Gasteiger partial charge in [-0.2, -0.15) is 0 Å². The van der Waals surface area contributed by atoms with Crippen molar-refractivity contribution in [2.45, 2.75) is 32.7 Å². The highest BCUT2D eigenvalue weighted by Crippen LogP contribution is 2.53. The van der Waals surface area contributed by atoms with Gasteiger partial charge in [0.1, 0.15) is 5.75 Å². The minimum atomic E-state index is -0.321. The quantitative estimate of drug-likeness (QED) is 0.249. The Balaban J connectivity index is 1.50. The molecule has 0 saturated heterocycles. The number of anilines is 1. The van der Waals surface area contributed by atoms with Gasteiger partial charge in [-0.1, -0.05) is 105 Å². The van der Waals surface area contributed by atoms with Crippen molar-refractivity contribution in [1.82, 2.24) is 0 Å². The first-order valence-corrected chi connectivity index (χ1v) is 13.9. The predicted octanol–water partition coefficient (Wildman–Crippen LogP) is 9.19. The van der Waals surface area contributed by atoms with Gasteiger partial charge in [-0.3, -0.25) is 4.79 Å². The Morgan fingerprint density at radius 1 is 0.750 bits per heavy atom. The molecule has 1 heterocycles. The predicted molar refractivity (Wildman–Crippen MR) is 164 cm³/mol. The Morgan fingerprint density at radius 3 is 2.00 bits per heavy atom. The van der Waals surface area contributed by atoms with Crippen LogP contribution in [0.2, 0.25) is 0 Å². The number of nitrogens with one attached hydrogen (secondary N) is 1. The van der Waals surface area contributed by atoms with Crippen molar-refractivity contribution < 1.29 is 9.90 Å². The topological polar surface area (TPSA) is 49.3 Å². The van der Waals surface area contributed by atoms with Gasteiger partial charge in [0.05, 0.1) is 6.04 Å². The van der Waals surface area contributed by atoms with E-state index < -0.39 is 0 Å². The Kier molecular flexibility index (Phi) is 5.64. The number of carbonyl (C=O) groups is 1. The number of aromatic hydroxyl groups is 1. The minimum Gasteiger partial charge on any atom is -0.507 e. The molecular formula is C37H31NO2. The molecule has 40 heavy (non-hydrogen) atoms. The maximum atomic E-state index is 14.0. The molecule has 3 heteroatoms. The molecule has 2 aliphatic rings. The molecule has 0 fully saturated rings. The summed E-state index contributed by atoms with van der Waals surface area (Å²) < 4.78 is 0. The fourth-order valence-corrected chi connectivity index (χ4v) is 6.59. The Labute approximate surface area is 234 Å². The average molecular weight is 522 g/mol. The molecule has 5 aromatic carbocycles. The number of ketones is 1. The zero-order chi connectivity index (χ0) is 27.4. The van der Waals surface area contributed by atoms with Crippen molar-refractivity contribution in [1.29, 1.82) is 0 Å². The molecule has 1 aliphatic carbocycles. The van der Waals surface area contributed by atoms with Gasteiger partial charge in [-0.05, 0) is 63.1 Å². The lowest BCUT2D eigenvalue weighted by atomic mass is 9.67. The van der Waals surface area contributed by atoms with E-state index in [4.69, 9.17) is 0 Å². The van der Waals surface area contributed by atoms with Gasteiger partial charge in [-0.25, -0.2) is 0 Å². The fraction of sp³-hybridized carbons (Fsp3) is 0.162. The maximum Gasteiger partial charge on any atom is 0.162 e. The van der Waals surface area contributed by atoms with E-state index in [9.17, 15) is 9.90 Å². The number of fused-ring (bicyclic) bond motifs is 4. The minimum absolute atomic E-state index is 0.120. The van der Waals surface area contributed by atoms with Crippen molar-refractivity contribution in [3.8, 4) is 28.0 Å². The van der Waals surface area contributed by atoms with E-state index in [1.807, 2.05) is 60.7 Å². The summed E-state index contributed by atoms with van der Waals surface area (Å²) >= 11 is 0. The van der Waals surface area contributed by atoms with Gasteiger partial charge in [0.2, 0.25) is 0 Å². The number of carbonyl (C=O) groups excluding carboxylic acids is 1. The van der Waals surface area contributed by atoms with Crippen molar-refractivity contribution in [2.24, 2.45) is 5.41 Å². The number of benzene rings is 5. The molecule has 0 spiro atoms. The Morgan fingerprint density at radius 2 is 1.35 bits per heavy atom. The van der Waals surface area contributed by atoms with Crippen molar-refractivity contribution >= 4 is 27.8 Å². The number of phenols is 1. The smallest absolute Gasteiger partial charge is 0.162 e. The first-order chi connectivity index (χ1) is 19.4. The number of phenolic OH excluding ortho intramolecular Hbond substituents is 1. The van der Waals surface area contributed by atoms with Crippen molar-refractivity contribution in [3.63, 3.8) is 0 Å². The molecule has 0 bridgehead atoms. The summed E-state index contributed by atoms with van der Waals surface area (Å²) in [6.07, 6.45) is 1.35. The molecule has 0 saturated carbocycles. The second-order valence-electron chi connectivity index (χ2n) is 11.8. The number of allylic oxidation sites excluding steroid dienone is 1. The summed E-state index contributed by atoms with van der Waals surface area (Å²) in [5.41, 5.74) is 8.43. The number of rotatable bonds is 3. The zero-order valence-corrected chi connectivity index (χ0v) is 22.7. The van der Waals surface area contributed by atoms with Crippen LogP contribution in [-0.2, 0) is 4.79 Å². The van der Waals surface area contributed by atoms with Crippen molar-refractivity contribution in [2.75, 3.05) is 5.32 Å². The third-order valence-electron chi connectivity index (χ3n) is 8.37. The largest absolute Gasteiger partial charge is 0.507 e. The monoisotopic (exact) mass is 521 g/mol.